The fraction of sp³-hybridized carbons (Fsp3) is 0.300. The quantitative estimate of drug-likeness (QED) is 0.776. The molecule has 0 fully saturated rings. The van der Waals surface area contributed by atoms with Crippen molar-refractivity contribution < 1.29 is 0 Å². The Morgan fingerprint density at radius 3 is 3.07 bits per heavy atom. The largest absolute Gasteiger partial charge is 0.377 e. The van der Waals surface area contributed by atoms with E-state index in [1.807, 2.05) is 12.1 Å². The van der Waals surface area contributed by atoms with Gasteiger partial charge in [-0.15, -0.1) is 11.8 Å². The molecule has 0 radical (unpaired) electrons. The van der Waals surface area contributed by atoms with E-state index in [9.17, 15) is 0 Å². The Hall–Kier alpha value is -0.740. The number of anilines is 2. The van der Waals surface area contributed by atoms with Gasteiger partial charge < -0.3 is 10.2 Å². The number of nitrogens with one attached hydrogen (secondary N) is 1. The van der Waals surface area contributed by atoms with Crippen LogP contribution in [0.25, 0.3) is 0 Å². The molecule has 1 aliphatic heterocycles. The number of benzene rings is 1. The highest BCUT2D eigenvalue weighted by molar-refractivity contribution is 7.98. The van der Waals surface area contributed by atoms with Crippen molar-refractivity contribution in [1.82, 2.24) is 0 Å². The Labute approximate surface area is 93.7 Å². The monoisotopic (exact) mass is 224 g/mol. The van der Waals surface area contributed by atoms with E-state index in [1.54, 1.807) is 11.8 Å². The zero-order valence-electron chi connectivity index (χ0n) is 7.99. The number of rotatable bonds is 2. The van der Waals surface area contributed by atoms with Crippen molar-refractivity contribution in [2.75, 3.05) is 28.9 Å². The topological polar surface area (TPSA) is 15.3 Å². The highest BCUT2D eigenvalue weighted by atomic mass is 32.2. The molecular weight excluding hydrogens is 212 g/mol. The summed E-state index contributed by atoms with van der Waals surface area (Å²) in [5.74, 6) is 0.928. The second-order valence-corrected chi connectivity index (χ2v) is 4.42. The summed E-state index contributed by atoms with van der Waals surface area (Å²) in [6.07, 6.45) is 2.09. The van der Waals surface area contributed by atoms with Gasteiger partial charge in [-0.3, -0.25) is 0 Å². The molecule has 1 aliphatic rings. The first kappa shape index (κ1) is 9.80. The first-order valence-corrected chi connectivity index (χ1v) is 6.25. The zero-order valence-corrected chi connectivity index (χ0v) is 9.62. The van der Waals surface area contributed by atoms with Crippen LogP contribution in [-0.2, 0) is 0 Å². The van der Waals surface area contributed by atoms with Crippen LogP contribution in [0.5, 0.6) is 0 Å². The van der Waals surface area contributed by atoms with Crippen LogP contribution in [0.4, 0.5) is 11.4 Å². The third-order valence-electron chi connectivity index (χ3n) is 2.18. The maximum Gasteiger partial charge on any atom is 0.103 e. The first-order valence-electron chi connectivity index (χ1n) is 4.45. The maximum atomic E-state index is 5.32. The number of hydrogen-bond donors (Lipinski definition) is 1. The molecule has 2 nitrogen and oxygen atoms in total. The molecule has 1 aromatic rings. The Bertz CT molecular complexity index is 352. The van der Waals surface area contributed by atoms with Gasteiger partial charge in [0.1, 0.15) is 4.99 Å². The van der Waals surface area contributed by atoms with Crippen molar-refractivity contribution in [1.29, 1.82) is 0 Å². The van der Waals surface area contributed by atoms with Crippen LogP contribution >= 0.6 is 24.0 Å². The molecule has 0 aromatic heterocycles. The van der Waals surface area contributed by atoms with Crippen molar-refractivity contribution >= 4 is 40.3 Å². The van der Waals surface area contributed by atoms with Gasteiger partial charge in [0.25, 0.3) is 0 Å². The molecule has 0 saturated heterocycles. The van der Waals surface area contributed by atoms with Crippen LogP contribution in [0.15, 0.2) is 24.3 Å². The number of thiocarbonyl (C=S) groups is 1. The van der Waals surface area contributed by atoms with Gasteiger partial charge in [-0.25, -0.2) is 0 Å². The second kappa shape index (κ2) is 4.19. The van der Waals surface area contributed by atoms with Crippen molar-refractivity contribution in [2.24, 2.45) is 0 Å². The molecule has 74 valence electrons. The van der Waals surface area contributed by atoms with Crippen LogP contribution < -0.4 is 10.2 Å². The standard InChI is InChI=1S/C10H12N2S2/c1-14-7-12-9-5-3-2-4-8(9)11-6-10(12)13/h2-5,11H,6-7H2,1H3. The van der Waals surface area contributed by atoms with E-state index in [-0.39, 0.29) is 0 Å². The average Bonchev–Trinajstić information content (AvgIpc) is 2.23. The molecule has 1 aromatic carbocycles. The van der Waals surface area contributed by atoms with E-state index >= 15 is 0 Å². The summed E-state index contributed by atoms with van der Waals surface area (Å²) >= 11 is 7.10. The predicted octanol–water partition coefficient (Wildman–Crippen LogP) is 2.57. The smallest absolute Gasteiger partial charge is 0.103 e. The SMILES string of the molecule is CSCN1C(=S)CNc2ccccc21. The van der Waals surface area contributed by atoms with Crippen molar-refractivity contribution in [3.05, 3.63) is 24.3 Å². The van der Waals surface area contributed by atoms with Crippen LogP contribution in [0.3, 0.4) is 0 Å². The van der Waals surface area contributed by atoms with E-state index in [2.05, 4.69) is 28.6 Å². The lowest BCUT2D eigenvalue weighted by Crippen LogP contribution is -2.38. The van der Waals surface area contributed by atoms with Gasteiger partial charge in [-0.05, 0) is 18.4 Å². The Kier molecular flexibility index (Phi) is 2.93. The van der Waals surface area contributed by atoms with Gasteiger partial charge in [-0.1, -0.05) is 24.4 Å². The van der Waals surface area contributed by atoms with Gasteiger partial charge in [0, 0.05) is 0 Å². The molecule has 4 heteroatoms. The van der Waals surface area contributed by atoms with Gasteiger partial charge in [0.2, 0.25) is 0 Å². The molecule has 2 rings (SSSR count). The summed E-state index contributed by atoms with van der Waals surface area (Å²) in [5, 5.41) is 3.31. The summed E-state index contributed by atoms with van der Waals surface area (Å²) in [6.45, 7) is 0.771. The molecule has 1 heterocycles. The number of para-hydroxylation sites is 2. The minimum atomic E-state index is 0.771. The number of nitrogens with zero attached hydrogens (tertiary/aromatic N) is 1. The van der Waals surface area contributed by atoms with Crippen LogP contribution in [0.2, 0.25) is 0 Å². The van der Waals surface area contributed by atoms with Crippen molar-refractivity contribution in [3.8, 4) is 0 Å². The first-order chi connectivity index (χ1) is 6.83. The van der Waals surface area contributed by atoms with Gasteiger partial charge >= 0.3 is 0 Å². The molecule has 0 spiro atoms. The van der Waals surface area contributed by atoms with E-state index in [4.69, 9.17) is 12.2 Å². The molecule has 14 heavy (non-hydrogen) atoms. The number of thioether (sulfide) groups is 1. The van der Waals surface area contributed by atoms with E-state index < -0.39 is 0 Å². The molecule has 0 amide bonds. The molecule has 0 unspecified atom stereocenters. The van der Waals surface area contributed by atoms with Crippen LogP contribution in [0, 0.1) is 0 Å². The summed E-state index contributed by atoms with van der Waals surface area (Å²) in [7, 11) is 0. The lowest BCUT2D eigenvalue weighted by atomic mass is 10.2. The van der Waals surface area contributed by atoms with Crippen molar-refractivity contribution in [3.63, 3.8) is 0 Å². The molecule has 0 atom stereocenters. The third-order valence-corrected chi connectivity index (χ3v) is 3.07. The Morgan fingerprint density at radius 1 is 1.50 bits per heavy atom. The van der Waals surface area contributed by atoms with Gasteiger partial charge in [0.05, 0.1) is 23.8 Å². The highest BCUT2D eigenvalue weighted by Gasteiger charge is 2.19. The summed E-state index contributed by atoms with van der Waals surface area (Å²) in [4.78, 5) is 3.16. The normalized spacial score (nSPS) is 14.9. The van der Waals surface area contributed by atoms with E-state index in [0.717, 1.165) is 17.4 Å². The molecule has 0 aliphatic carbocycles. The minimum Gasteiger partial charge on any atom is -0.377 e. The summed E-state index contributed by atoms with van der Waals surface area (Å²) in [6, 6.07) is 8.27. The van der Waals surface area contributed by atoms with Gasteiger partial charge in [-0.2, -0.15) is 0 Å². The fourth-order valence-corrected chi connectivity index (χ4v) is 2.40. The van der Waals surface area contributed by atoms with Gasteiger partial charge in [0.15, 0.2) is 0 Å². The zero-order chi connectivity index (χ0) is 9.97. The highest BCUT2D eigenvalue weighted by Crippen LogP contribution is 2.30. The summed E-state index contributed by atoms with van der Waals surface area (Å²) in [5.41, 5.74) is 2.37. The molecule has 0 saturated carbocycles. The minimum absolute atomic E-state index is 0.771. The lowest BCUT2D eigenvalue weighted by molar-refractivity contribution is 1.16. The Balaban J connectivity index is 2.36. The Morgan fingerprint density at radius 2 is 2.29 bits per heavy atom. The van der Waals surface area contributed by atoms with E-state index in [1.165, 1.54) is 11.4 Å². The second-order valence-electron chi connectivity index (χ2n) is 3.11. The van der Waals surface area contributed by atoms with Crippen LogP contribution in [-0.4, -0.2) is 23.7 Å². The average molecular weight is 224 g/mol. The van der Waals surface area contributed by atoms with E-state index in [0.29, 0.717) is 0 Å². The number of fused-ring (bicyclic) bond motifs is 1. The predicted molar refractivity (Wildman–Crippen MR) is 68.4 cm³/mol. The molecular formula is C10H12N2S2. The number of hydrogen-bond acceptors (Lipinski definition) is 3. The van der Waals surface area contributed by atoms with Crippen molar-refractivity contribution in [2.45, 2.75) is 0 Å². The maximum absolute atomic E-state index is 5.32. The third kappa shape index (κ3) is 1.72. The fourth-order valence-electron chi connectivity index (χ4n) is 1.53. The molecule has 0 bridgehead atoms. The lowest BCUT2D eigenvalue weighted by Gasteiger charge is -2.31. The summed E-state index contributed by atoms with van der Waals surface area (Å²) < 4.78 is 0. The van der Waals surface area contributed by atoms with Crippen LogP contribution in [0.1, 0.15) is 0 Å². The molecule has 1 N–H and O–H groups in total.